The second-order valence-corrected chi connectivity index (χ2v) is 6.16. The van der Waals surface area contributed by atoms with Gasteiger partial charge in [-0.15, -0.1) is 0 Å². The summed E-state index contributed by atoms with van der Waals surface area (Å²) in [5, 5.41) is 10.1. The molecule has 0 radical (unpaired) electrons. The SMILES string of the molecule is CC(C)OCCn1c(SCC(=O)O)nc2cc(Cl)ccc21. The number of benzene rings is 1. The number of carboxylic acid groups (broad SMARTS) is 1. The second-order valence-electron chi connectivity index (χ2n) is 4.78. The van der Waals surface area contributed by atoms with Crippen molar-refractivity contribution in [3.63, 3.8) is 0 Å². The number of imidazole rings is 1. The molecule has 2 rings (SSSR count). The number of halogens is 1. The van der Waals surface area contributed by atoms with Crippen LogP contribution in [0, 0.1) is 0 Å². The van der Waals surface area contributed by atoms with Crippen LogP contribution in [-0.4, -0.2) is 39.1 Å². The highest BCUT2D eigenvalue weighted by molar-refractivity contribution is 7.99. The van der Waals surface area contributed by atoms with Gasteiger partial charge in [0.15, 0.2) is 5.16 Å². The molecular weight excluding hydrogens is 312 g/mol. The largest absolute Gasteiger partial charge is 0.481 e. The predicted octanol–water partition coefficient (Wildman–Crippen LogP) is 3.29. The number of ether oxygens (including phenoxy) is 1. The average Bonchev–Trinajstić information content (AvgIpc) is 2.73. The zero-order valence-electron chi connectivity index (χ0n) is 11.9. The Hall–Kier alpha value is -1.24. The summed E-state index contributed by atoms with van der Waals surface area (Å²) in [6.07, 6.45) is 0.157. The van der Waals surface area contributed by atoms with Crippen molar-refractivity contribution in [3.8, 4) is 0 Å². The van der Waals surface area contributed by atoms with Gasteiger partial charge in [0.25, 0.3) is 0 Å². The van der Waals surface area contributed by atoms with Gasteiger partial charge in [-0.1, -0.05) is 23.4 Å². The van der Waals surface area contributed by atoms with Crippen LogP contribution < -0.4 is 0 Å². The molecule has 0 saturated carbocycles. The third-order valence-electron chi connectivity index (χ3n) is 2.77. The number of hydrogen-bond acceptors (Lipinski definition) is 4. The molecule has 7 heteroatoms. The van der Waals surface area contributed by atoms with Crippen molar-refractivity contribution in [2.45, 2.75) is 31.7 Å². The molecule has 0 fully saturated rings. The minimum absolute atomic E-state index is 0.0257. The van der Waals surface area contributed by atoms with Crippen LogP contribution in [0.5, 0.6) is 0 Å². The van der Waals surface area contributed by atoms with Gasteiger partial charge in [0.2, 0.25) is 0 Å². The zero-order chi connectivity index (χ0) is 15.4. The molecule has 2 aromatic rings. The van der Waals surface area contributed by atoms with Crippen molar-refractivity contribution in [1.29, 1.82) is 0 Å². The number of hydrogen-bond donors (Lipinski definition) is 1. The fourth-order valence-corrected chi connectivity index (χ4v) is 2.84. The number of rotatable bonds is 7. The quantitative estimate of drug-likeness (QED) is 0.790. The van der Waals surface area contributed by atoms with Gasteiger partial charge in [-0.3, -0.25) is 4.79 Å². The summed E-state index contributed by atoms with van der Waals surface area (Å²) in [5.41, 5.74) is 1.69. The fourth-order valence-electron chi connectivity index (χ4n) is 1.91. The van der Waals surface area contributed by atoms with Crippen molar-refractivity contribution in [3.05, 3.63) is 23.2 Å². The van der Waals surface area contributed by atoms with E-state index in [0.717, 1.165) is 11.0 Å². The average molecular weight is 329 g/mol. The van der Waals surface area contributed by atoms with Crippen molar-refractivity contribution < 1.29 is 14.6 Å². The lowest BCUT2D eigenvalue weighted by Crippen LogP contribution is -2.11. The lowest BCUT2D eigenvalue weighted by atomic mass is 10.3. The molecular formula is C14H17ClN2O3S. The molecule has 0 bridgehead atoms. The topological polar surface area (TPSA) is 64.3 Å². The molecule has 1 aromatic heterocycles. The number of thioether (sulfide) groups is 1. The summed E-state index contributed by atoms with van der Waals surface area (Å²) in [6, 6.07) is 5.48. The van der Waals surface area contributed by atoms with E-state index in [9.17, 15) is 4.79 Å². The lowest BCUT2D eigenvalue weighted by Gasteiger charge is -2.11. The standard InChI is InChI=1S/C14H17ClN2O3S/c1-9(2)20-6-5-17-12-4-3-10(15)7-11(12)16-14(17)21-8-13(18)19/h3-4,7,9H,5-6,8H2,1-2H3,(H,18,19). The Morgan fingerprint density at radius 3 is 2.95 bits per heavy atom. The molecule has 0 unspecified atom stereocenters. The Balaban J connectivity index is 2.27. The van der Waals surface area contributed by atoms with Crippen LogP contribution in [0.2, 0.25) is 5.02 Å². The monoisotopic (exact) mass is 328 g/mol. The van der Waals surface area contributed by atoms with Crippen molar-refractivity contribution in [1.82, 2.24) is 9.55 Å². The maximum absolute atomic E-state index is 10.8. The summed E-state index contributed by atoms with van der Waals surface area (Å²) in [4.78, 5) is 15.2. The summed E-state index contributed by atoms with van der Waals surface area (Å²) < 4.78 is 7.54. The van der Waals surface area contributed by atoms with E-state index in [1.165, 1.54) is 11.8 Å². The first kappa shape index (κ1) is 16.1. The van der Waals surface area contributed by atoms with Crippen LogP contribution in [0.15, 0.2) is 23.4 Å². The number of nitrogens with zero attached hydrogens (tertiary/aromatic N) is 2. The van der Waals surface area contributed by atoms with Crippen LogP contribution in [0.25, 0.3) is 11.0 Å². The molecule has 1 heterocycles. The molecule has 1 aromatic carbocycles. The maximum Gasteiger partial charge on any atom is 0.313 e. The van der Waals surface area contributed by atoms with Crippen LogP contribution >= 0.6 is 23.4 Å². The van der Waals surface area contributed by atoms with Gasteiger partial charge in [0.1, 0.15) is 0 Å². The van der Waals surface area contributed by atoms with Gasteiger partial charge < -0.3 is 14.4 Å². The van der Waals surface area contributed by atoms with Crippen LogP contribution in [0.1, 0.15) is 13.8 Å². The summed E-state index contributed by atoms with van der Waals surface area (Å²) in [5.74, 6) is -0.891. The molecule has 0 atom stereocenters. The number of carbonyl (C=O) groups is 1. The number of fused-ring (bicyclic) bond motifs is 1. The van der Waals surface area contributed by atoms with E-state index in [4.69, 9.17) is 21.4 Å². The van der Waals surface area contributed by atoms with Crippen LogP contribution in [0.4, 0.5) is 0 Å². The van der Waals surface area contributed by atoms with Gasteiger partial charge in [0.05, 0.1) is 29.5 Å². The van der Waals surface area contributed by atoms with Gasteiger partial charge in [-0.25, -0.2) is 4.98 Å². The van der Waals surface area contributed by atoms with E-state index in [2.05, 4.69) is 4.98 Å². The van der Waals surface area contributed by atoms with E-state index in [-0.39, 0.29) is 11.9 Å². The van der Waals surface area contributed by atoms with E-state index >= 15 is 0 Å². The minimum atomic E-state index is -0.866. The molecule has 21 heavy (non-hydrogen) atoms. The molecule has 1 N–H and O–H groups in total. The smallest absolute Gasteiger partial charge is 0.313 e. The predicted molar refractivity (Wildman–Crippen MR) is 84.2 cm³/mol. The maximum atomic E-state index is 10.8. The summed E-state index contributed by atoms with van der Waals surface area (Å²) in [6.45, 7) is 5.13. The number of aromatic nitrogens is 2. The van der Waals surface area contributed by atoms with Crippen LogP contribution in [0.3, 0.4) is 0 Å². The van der Waals surface area contributed by atoms with Crippen molar-refractivity contribution >= 4 is 40.4 Å². The first-order valence-electron chi connectivity index (χ1n) is 6.59. The highest BCUT2D eigenvalue weighted by Crippen LogP contribution is 2.26. The van der Waals surface area contributed by atoms with Gasteiger partial charge in [-0.05, 0) is 32.0 Å². The summed E-state index contributed by atoms with van der Waals surface area (Å²) >= 11 is 7.18. The molecule has 0 amide bonds. The first-order valence-corrected chi connectivity index (χ1v) is 7.95. The van der Waals surface area contributed by atoms with Gasteiger partial charge >= 0.3 is 5.97 Å². The van der Waals surface area contributed by atoms with Crippen molar-refractivity contribution in [2.24, 2.45) is 0 Å². The molecule has 0 spiro atoms. The summed E-state index contributed by atoms with van der Waals surface area (Å²) in [7, 11) is 0. The number of aliphatic carboxylic acids is 1. The second kappa shape index (κ2) is 7.15. The van der Waals surface area contributed by atoms with E-state index in [0.29, 0.717) is 23.3 Å². The van der Waals surface area contributed by atoms with E-state index < -0.39 is 5.97 Å². The molecule has 0 saturated heterocycles. The molecule has 114 valence electrons. The van der Waals surface area contributed by atoms with Crippen LogP contribution in [-0.2, 0) is 16.1 Å². The first-order chi connectivity index (χ1) is 9.97. The fraction of sp³-hybridized carbons (Fsp3) is 0.429. The Labute approximate surface area is 132 Å². The zero-order valence-corrected chi connectivity index (χ0v) is 13.4. The van der Waals surface area contributed by atoms with Gasteiger partial charge in [-0.2, -0.15) is 0 Å². The van der Waals surface area contributed by atoms with Crippen molar-refractivity contribution in [2.75, 3.05) is 12.4 Å². The highest BCUT2D eigenvalue weighted by Gasteiger charge is 2.13. The van der Waals surface area contributed by atoms with E-state index in [1.54, 1.807) is 12.1 Å². The number of carboxylic acids is 1. The minimum Gasteiger partial charge on any atom is -0.481 e. The third kappa shape index (κ3) is 4.36. The molecule has 5 nitrogen and oxygen atoms in total. The molecule has 0 aliphatic rings. The Morgan fingerprint density at radius 1 is 1.52 bits per heavy atom. The Kier molecular flexibility index (Phi) is 5.50. The molecule has 0 aliphatic heterocycles. The third-order valence-corrected chi connectivity index (χ3v) is 3.96. The van der Waals surface area contributed by atoms with Gasteiger partial charge in [0, 0.05) is 11.6 Å². The Morgan fingerprint density at radius 2 is 2.29 bits per heavy atom. The van der Waals surface area contributed by atoms with E-state index in [1.807, 2.05) is 24.5 Å². The normalized spacial score (nSPS) is 11.4. The Bertz CT molecular complexity index is 642. The molecule has 0 aliphatic carbocycles. The highest BCUT2D eigenvalue weighted by atomic mass is 35.5. The lowest BCUT2D eigenvalue weighted by molar-refractivity contribution is -0.133.